The lowest BCUT2D eigenvalue weighted by Crippen LogP contribution is -2.32. The lowest BCUT2D eigenvalue weighted by molar-refractivity contribution is 0.193. The maximum atomic E-state index is 6.02. The summed E-state index contributed by atoms with van der Waals surface area (Å²) in [4.78, 5) is 3.46. The van der Waals surface area contributed by atoms with Crippen molar-refractivity contribution in [3.8, 4) is 0 Å². The van der Waals surface area contributed by atoms with Gasteiger partial charge in [-0.1, -0.05) is 35.3 Å². The van der Waals surface area contributed by atoms with Crippen molar-refractivity contribution < 1.29 is 0 Å². The van der Waals surface area contributed by atoms with Crippen molar-refractivity contribution in [3.63, 3.8) is 0 Å². The first kappa shape index (κ1) is 15.8. The molecule has 1 aromatic carbocycles. The van der Waals surface area contributed by atoms with Gasteiger partial charge in [0, 0.05) is 22.5 Å². The second-order valence-electron chi connectivity index (χ2n) is 4.79. The molecule has 0 fully saturated rings. The number of likely N-dealkylation sites (N-methyl/N-ethyl adjacent to an activating group) is 1. The van der Waals surface area contributed by atoms with Gasteiger partial charge in [-0.2, -0.15) is 0 Å². The molecule has 0 saturated carbocycles. The molecule has 1 aromatic heterocycles. The Morgan fingerprint density at radius 3 is 2.30 bits per heavy atom. The summed E-state index contributed by atoms with van der Waals surface area (Å²) in [5.74, 6) is 0. The van der Waals surface area contributed by atoms with E-state index in [-0.39, 0.29) is 12.1 Å². The van der Waals surface area contributed by atoms with Gasteiger partial charge in [-0.15, -0.1) is 11.3 Å². The van der Waals surface area contributed by atoms with Gasteiger partial charge < -0.3 is 5.73 Å². The molecule has 0 bridgehead atoms. The summed E-state index contributed by atoms with van der Waals surface area (Å²) in [6.07, 6.45) is 0. The van der Waals surface area contributed by atoms with Crippen LogP contribution in [0.25, 0.3) is 0 Å². The molecule has 1 heterocycles. The van der Waals surface area contributed by atoms with Crippen LogP contribution in [0.3, 0.4) is 0 Å². The minimum absolute atomic E-state index is 0.165. The summed E-state index contributed by atoms with van der Waals surface area (Å²) in [5.41, 5.74) is 7.18. The first-order valence-electron chi connectivity index (χ1n) is 6.45. The Bertz CT molecular complexity index is 553. The number of nitrogens with zero attached hydrogens (tertiary/aromatic N) is 1. The fraction of sp³-hybridized carbons (Fsp3) is 0.333. The molecule has 2 rings (SSSR count). The fourth-order valence-electron chi connectivity index (χ4n) is 2.24. The Labute approximate surface area is 134 Å². The monoisotopic (exact) mass is 328 g/mol. The number of thiophene rings is 1. The quantitative estimate of drug-likeness (QED) is 0.858. The maximum absolute atomic E-state index is 6.02. The zero-order valence-electron chi connectivity index (χ0n) is 11.5. The van der Waals surface area contributed by atoms with Crippen LogP contribution in [0.5, 0.6) is 0 Å². The largest absolute Gasteiger partial charge is 0.329 e. The molecular formula is C15H18Cl2N2S. The van der Waals surface area contributed by atoms with Crippen LogP contribution < -0.4 is 5.73 Å². The molecule has 0 amide bonds. The van der Waals surface area contributed by atoms with Gasteiger partial charge >= 0.3 is 0 Å². The maximum Gasteiger partial charge on any atom is 0.0931 e. The topological polar surface area (TPSA) is 29.3 Å². The van der Waals surface area contributed by atoms with Crippen molar-refractivity contribution in [1.29, 1.82) is 0 Å². The highest BCUT2D eigenvalue weighted by Gasteiger charge is 2.22. The highest BCUT2D eigenvalue weighted by Crippen LogP contribution is 2.33. The molecule has 0 spiro atoms. The predicted molar refractivity (Wildman–Crippen MR) is 88.8 cm³/mol. The summed E-state index contributed by atoms with van der Waals surface area (Å²) < 4.78 is 0.797. The van der Waals surface area contributed by atoms with E-state index in [2.05, 4.69) is 37.1 Å². The number of nitrogens with two attached hydrogens (primary N) is 1. The third-order valence-electron chi connectivity index (χ3n) is 3.60. The van der Waals surface area contributed by atoms with Crippen LogP contribution in [0.4, 0.5) is 0 Å². The van der Waals surface area contributed by atoms with Crippen LogP contribution in [-0.2, 0) is 0 Å². The van der Waals surface area contributed by atoms with Gasteiger partial charge in [-0.05, 0) is 43.8 Å². The summed E-state index contributed by atoms with van der Waals surface area (Å²) in [5, 5.41) is 0.754. The average molecular weight is 329 g/mol. The number of rotatable bonds is 5. The highest BCUT2D eigenvalue weighted by molar-refractivity contribution is 7.16. The molecule has 108 valence electrons. The van der Waals surface area contributed by atoms with Gasteiger partial charge in [0.2, 0.25) is 0 Å². The third-order valence-corrected chi connectivity index (χ3v) is 5.18. The smallest absolute Gasteiger partial charge is 0.0931 e. The van der Waals surface area contributed by atoms with Crippen LogP contribution in [0.15, 0.2) is 36.4 Å². The number of hydrogen-bond acceptors (Lipinski definition) is 3. The van der Waals surface area contributed by atoms with Gasteiger partial charge in [-0.25, -0.2) is 0 Å². The molecule has 20 heavy (non-hydrogen) atoms. The zero-order chi connectivity index (χ0) is 14.7. The predicted octanol–water partition coefficient (Wildman–Crippen LogP) is 4.75. The fourth-order valence-corrected chi connectivity index (χ4v) is 3.59. The van der Waals surface area contributed by atoms with Crippen molar-refractivity contribution in [1.82, 2.24) is 4.90 Å². The summed E-state index contributed by atoms with van der Waals surface area (Å²) in [7, 11) is 2.09. The van der Waals surface area contributed by atoms with Crippen LogP contribution in [0.2, 0.25) is 9.36 Å². The van der Waals surface area contributed by atoms with Crippen LogP contribution in [0.1, 0.15) is 29.4 Å². The van der Waals surface area contributed by atoms with Gasteiger partial charge in [0.05, 0.1) is 10.4 Å². The van der Waals surface area contributed by atoms with E-state index >= 15 is 0 Å². The first-order chi connectivity index (χ1) is 9.52. The molecule has 2 atom stereocenters. The van der Waals surface area contributed by atoms with Gasteiger partial charge in [-0.3, -0.25) is 4.90 Å². The summed E-state index contributed by atoms with van der Waals surface area (Å²) in [6, 6.07) is 12.3. The highest BCUT2D eigenvalue weighted by atomic mass is 35.5. The standard InChI is InChI=1S/C15H18Cl2N2S/c1-10(11-3-5-12(16)6-4-11)19(2)13(9-18)14-7-8-15(17)20-14/h3-8,10,13H,9,18H2,1-2H3. The lowest BCUT2D eigenvalue weighted by Gasteiger charge is -2.32. The van der Waals surface area contributed by atoms with E-state index < -0.39 is 0 Å². The van der Waals surface area contributed by atoms with E-state index in [1.807, 2.05) is 18.2 Å². The normalized spacial score (nSPS) is 14.5. The van der Waals surface area contributed by atoms with E-state index in [0.29, 0.717) is 6.54 Å². The van der Waals surface area contributed by atoms with Gasteiger partial charge in [0.15, 0.2) is 0 Å². The molecule has 0 aliphatic rings. The van der Waals surface area contributed by atoms with Crippen molar-refractivity contribution in [2.75, 3.05) is 13.6 Å². The van der Waals surface area contributed by atoms with Gasteiger partial charge in [0.25, 0.3) is 0 Å². The number of benzene rings is 1. The van der Waals surface area contributed by atoms with E-state index in [9.17, 15) is 0 Å². The average Bonchev–Trinajstić information content (AvgIpc) is 2.86. The van der Waals surface area contributed by atoms with E-state index in [1.165, 1.54) is 10.4 Å². The molecule has 0 saturated heterocycles. The van der Waals surface area contributed by atoms with E-state index in [4.69, 9.17) is 28.9 Å². The minimum atomic E-state index is 0.165. The third kappa shape index (κ3) is 3.54. The molecule has 2 aromatic rings. The summed E-state index contributed by atoms with van der Waals surface area (Å²) in [6.45, 7) is 2.73. The lowest BCUT2D eigenvalue weighted by atomic mass is 10.0. The Balaban J connectivity index is 2.19. The molecule has 0 aliphatic heterocycles. The number of halogens is 2. The molecule has 2 N–H and O–H groups in total. The second-order valence-corrected chi connectivity index (χ2v) is 6.97. The Kier molecular flexibility index (Phi) is 5.47. The number of hydrogen-bond donors (Lipinski definition) is 1. The molecule has 2 unspecified atom stereocenters. The molecule has 0 aliphatic carbocycles. The van der Waals surface area contributed by atoms with E-state index in [0.717, 1.165) is 9.36 Å². The Hall–Kier alpha value is -0.580. The van der Waals surface area contributed by atoms with Crippen LogP contribution in [-0.4, -0.2) is 18.5 Å². The first-order valence-corrected chi connectivity index (χ1v) is 8.03. The summed E-state index contributed by atoms with van der Waals surface area (Å²) >= 11 is 13.5. The SMILES string of the molecule is CC(c1ccc(Cl)cc1)N(C)C(CN)c1ccc(Cl)s1. The van der Waals surface area contributed by atoms with Crippen LogP contribution in [0, 0.1) is 0 Å². The minimum Gasteiger partial charge on any atom is -0.329 e. The molecule has 5 heteroatoms. The Morgan fingerprint density at radius 2 is 1.80 bits per heavy atom. The molecule has 0 radical (unpaired) electrons. The van der Waals surface area contributed by atoms with Crippen molar-refractivity contribution in [2.24, 2.45) is 5.73 Å². The van der Waals surface area contributed by atoms with Gasteiger partial charge in [0.1, 0.15) is 0 Å². The Morgan fingerprint density at radius 1 is 1.15 bits per heavy atom. The van der Waals surface area contributed by atoms with Crippen molar-refractivity contribution >= 4 is 34.5 Å². The van der Waals surface area contributed by atoms with Crippen molar-refractivity contribution in [2.45, 2.75) is 19.0 Å². The van der Waals surface area contributed by atoms with E-state index in [1.54, 1.807) is 11.3 Å². The second kappa shape index (κ2) is 6.92. The zero-order valence-corrected chi connectivity index (χ0v) is 13.8. The van der Waals surface area contributed by atoms with Crippen LogP contribution >= 0.6 is 34.5 Å². The molecule has 2 nitrogen and oxygen atoms in total. The van der Waals surface area contributed by atoms with Crippen molar-refractivity contribution in [3.05, 3.63) is 56.2 Å². The molecular weight excluding hydrogens is 311 g/mol.